The lowest BCUT2D eigenvalue weighted by atomic mass is 10.0. The zero-order chi connectivity index (χ0) is 25.3. The van der Waals surface area contributed by atoms with Gasteiger partial charge in [0, 0.05) is 19.9 Å². The van der Waals surface area contributed by atoms with Crippen LogP contribution in [-0.4, -0.2) is 58.7 Å². The molecule has 0 saturated carbocycles. The standard InChI is InChI=1S/C26H28N6O4/c1-3-36-21-12-10-19(11-13-21)25(26(34)28-15-16-35-2)32(20-7-6-14-27-17-20)24(33)18-31-23-9-5-4-8-22(23)29-30-31/h4-14,17,25H,3,15-16,18H2,1-2H3,(H,28,34). The number of nitrogens with one attached hydrogen (secondary N) is 1. The topological polar surface area (TPSA) is 111 Å². The molecule has 4 rings (SSSR count). The largest absolute Gasteiger partial charge is 0.494 e. The summed E-state index contributed by atoms with van der Waals surface area (Å²) in [6.07, 6.45) is 3.17. The second-order valence-corrected chi connectivity index (χ2v) is 7.90. The third-order valence-corrected chi connectivity index (χ3v) is 5.52. The fourth-order valence-corrected chi connectivity index (χ4v) is 3.88. The monoisotopic (exact) mass is 488 g/mol. The molecular formula is C26H28N6O4. The van der Waals surface area contributed by atoms with E-state index in [-0.39, 0.29) is 18.4 Å². The number of carbonyl (C=O) groups is 2. The summed E-state index contributed by atoms with van der Waals surface area (Å²) in [5.41, 5.74) is 2.50. The van der Waals surface area contributed by atoms with Crippen LogP contribution >= 0.6 is 0 Å². The molecule has 1 atom stereocenters. The number of amides is 2. The molecule has 186 valence electrons. The number of methoxy groups -OCH3 is 1. The highest BCUT2D eigenvalue weighted by atomic mass is 16.5. The number of benzene rings is 2. The molecule has 10 heteroatoms. The third-order valence-electron chi connectivity index (χ3n) is 5.52. The van der Waals surface area contributed by atoms with Crippen molar-refractivity contribution in [2.75, 3.05) is 31.8 Å². The maximum Gasteiger partial charge on any atom is 0.249 e. The van der Waals surface area contributed by atoms with Crippen LogP contribution in [0.1, 0.15) is 18.5 Å². The van der Waals surface area contributed by atoms with Gasteiger partial charge < -0.3 is 14.8 Å². The number of aromatic nitrogens is 4. The summed E-state index contributed by atoms with van der Waals surface area (Å²) in [5, 5.41) is 11.2. The molecule has 1 unspecified atom stereocenters. The van der Waals surface area contributed by atoms with Crippen LogP contribution in [0.15, 0.2) is 73.1 Å². The normalized spacial score (nSPS) is 11.7. The first kappa shape index (κ1) is 24.8. The minimum atomic E-state index is -0.969. The van der Waals surface area contributed by atoms with Gasteiger partial charge in [-0.1, -0.05) is 29.5 Å². The van der Waals surface area contributed by atoms with E-state index in [1.807, 2.05) is 31.2 Å². The van der Waals surface area contributed by atoms with Crippen molar-refractivity contribution in [3.63, 3.8) is 0 Å². The van der Waals surface area contributed by atoms with Crippen molar-refractivity contribution in [2.45, 2.75) is 19.5 Å². The average molecular weight is 489 g/mol. The maximum atomic E-state index is 13.9. The number of rotatable bonds is 11. The molecule has 10 nitrogen and oxygen atoms in total. The summed E-state index contributed by atoms with van der Waals surface area (Å²) in [7, 11) is 1.56. The predicted molar refractivity (Wildman–Crippen MR) is 134 cm³/mol. The van der Waals surface area contributed by atoms with Crippen LogP contribution in [0, 0.1) is 0 Å². The molecule has 0 aliphatic heterocycles. The number of para-hydroxylation sites is 1. The quantitative estimate of drug-likeness (QED) is 0.323. The number of nitrogens with zero attached hydrogens (tertiary/aromatic N) is 5. The highest BCUT2D eigenvalue weighted by Gasteiger charge is 2.33. The molecule has 0 fully saturated rings. The summed E-state index contributed by atoms with van der Waals surface area (Å²) in [5.74, 6) is -0.0237. The summed E-state index contributed by atoms with van der Waals surface area (Å²) >= 11 is 0. The third kappa shape index (κ3) is 5.66. The summed E-state index contributed by atoms with van der Waals surface area (Å²) in [6.45, 7) is 2.94. The summed E-state index contributed by atoms with van der Waals surface area (Å²) in [4.78, 5) is 33.0. The molecule has 2 heterocycles. The SMILES string of the molecule is CCOc1ccc(C(C(=O)NCCOC)N(C(=O)Cn2nnc3ccccc32)c2cccnc2)cc1. The number of fused-ring (bicyclic) bond motifs is 1. The van der Waals surface area contributed by atoms with Gasteiger partial charge >= 0.3 is 0 Å². The minimum Gasteiger partial charge on any atom is -0.494 e. The lowest BCUT2D eigenvalue weighted by Gasteiger charge is -2.31. The molecule has 0 radical (unpaired) electrons. The first-order chi connectivity index (χ1) is 17.6. The van der Waals surface area contributed by atoms with Crippen molar-refractivity contribution >= 4 is 28.5 Å². The molecule has 2 aromatic heterocycles. The van der Waals surface area contributed by atoms with E-state index in [1.54, 1.807) is 55.9 Å². The molecule has 0 saturated heterocycles. The Kier molecular flexibility index (Phi) is 8.20. The molecule has 36 heavy (non-hydrogen) atoms. The van der Waals surface area contributed by atoms with E-state index in [1.165, 1.54) is 9.58 Å². The van der Waals surface area contributed by atoms with Crippen molar-refractivity contribution in [1.82, 2.24) is 25.3 Å². The number of hydrogen-bond donors (Lipinski definition) is 1. The van der Waals surface area contributed by atoms with Crippen LogP contribution in [0.25, 0.3) is 11.0 Å². The fraction of sp³-hybridized carbons (Fsp3) is 0.269. The van der Waals surface area contributed by atoms with E-state index < -0.39 is 6.04 Å². The highest BCUT2D eigenvalue weighted by molar-refractivity contribution is 6.01. The number of hydrogen-bond acceptors (Lipinski definition) is 7. The predicted octanol–water partition coefficient (Wildman–Crippen LogP) is 2.76. The molecule has 0 aliphatic carbocycles. The maximum absolute atomic E-state index is 13.9. The second-order valence-electron chi connectivity index (χ2n) is 7.90. The van der Waals surface area contributed by atoms with Crippen LogP contribution in [0.4, 0.5) is 5.69 Å². The van der Waals surface area contributed by atoms with E-state index in [4.69, 9.17) is 9.47 Å². The first-order valence-electron chi connectivity index (χ1n) is 11.6. The zero-order valence-corrected chi connectivity index (χ0v) is 20.2. The molecule has 0 aliphatic rings. The highest BCUT2D eigenvalue weighted by Crippen LogP contribution is 2.29. The van der Waals surface area contributed by atoms with E-state index in [9.17, 15) is 9.59 Å². The van der Waals surface area contributed by atoms with Crippen molar-refractivity contribution in [1.29, 1.82) is 0 Å². The Morgan fingerprint density at radius 1 is 1.08 bits per heavy atom. The number of anilines is 1. The van der Waals surface area contributed by atoms with Gasteiger partial charge in [0.2, 0.25) is 11.8 Å². The van der Waals surface area contributed by atoms with Crippen molar-refractivity contribution in [3.05, 3.63) is 78.6 Å². The van der Waals surface area contributed by atoms with Gasteiger partial charge in [-0.3, -0.25) is 19.5 Å². The van der Waals surface area contributed by atoms with Gasteiger partial charge in [-0.05, 0) is 48.9 Å². The van der Waals surface area contributed by atoms with Crippen LogP contribution < -0.4 is 15.0 Å². The van der Waals surface area contributed by atoms with Gasteiger partial charge in [-0.25, -0.2) is 4.68 Å². The lowest BCUT2D eigenvalue weighted by molar-refractivity contribution is -0.127. The van der Waals surface area contributed by atoms with Crippen molar-refractivity contribution in [2.24, 2.45) is 0 Å². The molecule has 0 spiro atoms. The van der Waals surface area contributed by atoms with Crippen molar-refractivity contribution < 1.29 is 19.1 Å². The smallest absolute Gasteiger partial charge is 0.249 e. The Hall–Kier alpha value is -4.31. The van der Waals surface area contributed by atoms with Crippen LogP contribution in [0.2, 0.25) is 0 Å². The Labute approximate surface area is 208 Å². The van der Waals surface area contributed by atoms with Gasteiger partial charge in [-0.2, -0.15) is 0 Å². The molecule has 2 aromatic carbocycles. The van der Waals surface area contributed by atoms with Gasteiger partial charge in [0.1, 0.15) is 23.9 Å². The van der Waals surface area contributed by atoms with Gasteiger partial charge in [0.25, 0.3) is 0 Å². The number of carbonyl (C=O) groups excluding carboxylic acids is 2. The Balaban J connectivity index is 1.74. The minimum absolute atomic E-state index is 0.117. The number of pyridine rings is 1. The Morgan fingerprint density at radius 3 is 2.61 bits per heavy atom. The summed E-state index contributed by atoms with van der Waals surface area (Å²) < 4.78 is 12.2. The Bertz CT molecular complexity index is 1290. The van der Waals surface area contributed by atoms with Crippen LogP contribution in [0.3, 0.4) is 0 Å². The molecule has 1 N–H and O–H groups in total. The molecular weight excluding hydrogens is 460 g/mol. The van der Waals surface area contributed by atoms with E-state index in [0.717, 1.165) is 5.52 Å². The first-order valence-corrected chi connectivity index (χ1v) is 11.6. The summed E-state index contributed by atoms with van der Waals surface area (Å²) in [6, 6.07) is 17.0. The van der Waals surface area contributed by atoms with Crippen LogP contribution in [-0.2, 0) is 20.9 Å². The van der Waals surface area contributed by atoms with E-state index in [2.05, 4.69) is 20.6 Å². The number of ether oxygens (including phenoxy) is 2. The second kappa shape index (κ2) is 11.9. The average Bonchev–Trinajstić information content (AvgIpc) is 3.31. The van der Waals surface area contributed by atoms with Gasteiger partial charge in [0.15, 0.2) is 0 Å². The molecule has 2 amide bonds. The van der Waals surface area contributed by atoms with E-state index in [0.29, 0.717) is 42.3 Å². The molecule has 4 aromatic rings. The lowest BCUT2D eigenvalue weighted by Crippen LogP contribution is -2.46. The van der Waals surface area contributed by atoms with Gasteiger partial charge in [0.05, 0.1) is 30.6 Å². The zero-order valence-electron chi connectivity index (χ0n) is 20.2. The van der Waals surface area contributed by atoms with Crippen molar-refractivity contribution in [3.8, 4) is 5.75 Å². The van der Waals surface area contributed by atoms with Crippen LogP contribution in [0.5, 0.6) is 5.75 Å². The fourth-order valence-electron chi connectivity index (χ4n) is 3.88. The Morgan fingerprint density at radius 2 is 1.89 bits per heavy atom. The van der Waals surface area contributed by atoms with Gasteiger partial charge in [-0.15, -0.1) is 5.10 Å². The van der Waals surface area contributed by atoms with E-state index >= 15 is 0 Å². The molecule has 0 bridgehead atoms.